The molecule has 0 heterocycles. The first-order valence-electron chi connectivity index (χ1n) is 4.71. The second-order valence-corrected chi connectivity index (χ2v) is 3.21. The molecule has 0 fully saturated rings. The summed E-state index contributed by atoms with van der Waals surface area (Å²) >= 11 is 0. The van der Waals surface area contributed by atoms with Gasteiger partial charge in [0.25, 0.3) is 0 Å². The van der Waals surface area contributed by atoms with Crippen LogP contribution in [0.5, 0.6) is 0 Å². The van der Waals surface area contributed by atoms with Gasteiger partial charge < -0.3 is 5.32 Å². The summed E-state index contributed by atoms with van der Waals surface area (Å²) in [6.45, 7) is 3.15. The molecule has 1 aromatic carbocycles. The number of benzene rings is 1. The largest absolute Gasteiger partial charge is 0.319 e. The lowest BCUT2D eigenvalue weighted by Crippen LogP contribution is -2.05. The summed E-state index contributed by atoms with van der Waals surface area (Å²) in [6.07, 6.45) is 5.45. The van der Waals surface area contributed by atoms with Gasteiger partial charge >= 0.3 is 0 Å². The standard InChI is InChI=1S/C12H17N/c1-11-6-8-12(9-7-11)5-3-4-10-13-2/h3,5-9,13H,4,10H2,1-2H3. The molecule has 70 valence electrons. The van der Waals surface area contributed by atoms with E-state index in [-0.39, 0.29) is 0 Å². The average Bonchev–Trinajstić information content (AvgIpc) is 2.15. The van der Waals surface area contributed by atoms with Crippen molar-refractivity contribution in [2.75, 3.05) is 13.6 Å². The van der Waals surface area contributed by atoms with Gasteiger partial charge in [-0.3, -0.25) is 0 Å². The zero-order valence-electron chi connectivity index (χ0n) is 8.38. The molecule has 0 spiro atoms. The Bertz CT molecular complexity index is 259. The van der Waals surface area contributed by atoms with Crippen LogP contribution in [0.2, 0.25) is 0 Å². The molecule has 0 aromatic heterocycles. The maximum absolute atomic E-state index is 3.11. The quantitative estimate of drug-likeness (QED) is 0.694. The summed E-state index contributed by atoms with van der Waals surface area (Å²) in [5, 5.41) is 3.11. The Balaban J connectivity index is 2.44. The zero-order chi connectivity index (χ0) is 9.52. The van der Waals surface area contributed by atoms with E-state index in [4.69, 9.17) is 0 Å². The van der Waals surface area contributed by atoms with Crippen LogP contribution in [-0.2, 0) is 0 Å². The monoisotopic (exact) mass is 175 g/mol. The van der Waals surface area contributed by atoms with Crippen molar-refractivity contribution in [1.82, 2.24) is 5.32 Å². The molecule has 0 aliphatic heterocycles. The van der Waals surface area contributed by atoms with Gasteiger partial charge in [-0.1, -0.05) is 42.0 Å². The van der Waals surface area contributed by atoms with Gasteiger partial charge in [0.05, 0.1) is 0 Å². The Morgan fingerprint density at radius 1 is 1.23 bits per heavy atom. The fourth-order valence-corrected chi connectivity index (χ4v) is 1.12. The molecule has 0 aliphatic carbocycles. The summed E-state index contributed by atoms with van der Waals surface area (Å²) in [5.41, 5.74) is 2.59. The molecule has 0 saturated carbocycles. The highest BCUT2D eigenvalue weighted by Gasteiger charge is 1.85. The molecule has 1 N–H and O–H groups in total. The number of nitrogens with one attached hydrogen (secondary N) is 1. The third-order valence-electron chi connectivity index (χ3n) is 1.95. The van der Waals surface area contributed by atoms with E-state index in [2.05, 4.69) is 48.7 Å². The van der Waals surface area contributed by atoms with Crippen molar-refractivity contribution >= 4 is 6.08 Å². The predicted octanol–water partition coefficient (Wildman–Crippen LogP) is 2.62. The smallest absolute Gasteiger partial charge is 0.00172 e. The molecule has 13 heavy (non-hydrogen) atoms. The summed E-state index contributed by atoms with van der Waals surface area (Å²) in [7, 11) is 1.97. The van der Waals surface area contributed by atoms with Crippen LogP contribution in [0.1, 0.15) is 17.5 Å². The fourth-order valence-electron chi connectivity index (χ4n) is 1.12. The van der Waals surface area contributed by atoms with Gasteiger partial charge in [0.15, 0.2) is 0 Å². The summed E-state index contributed by atoms with van der Waals surface area (Å²) < 4.78 is 0. The van der Waals surface area contributed by atoms with Crippen molar-refractivity contribution in [3.8, 4) is 0 Å². The van der Waals surface area contributed by atoms with Gasteiger partial charge in [-0.15, -0.1) is 0 Å². The second-order valence-electron chi connectivity index (χ2n) is 3.21. The number of aryl methyl sites for hydroxylation is 1. The van der Waals surface area contributed by atoms with Crippen LogP contribution < -0.4 is 5.32 Å². The maximum Gasteiger partial charge on any atom is -0.00172 e. The minimum absolute atomic E-state index is 1.04. The Kier molecular flexibility index (Phi) is 4.27. The zero-order valence-corrected chi connectivity index (χ0v) is 8.38. The van der Waals surface area contributed by atoms with Gasteiger partial charge in [0, 0.05) is 0 Å². The van der Waals surface area contributed by atoms with Crippen LogP contribution in [0, 0.1) is 6.92 Å². The van der Waals surface area contributed by atoms with Crippen LogP contribution in [0.4, 0.5) is 0 Å². The molecule has 0 radical (unpaired) electrons. The van der Waals surface area contributed by atoms with E-state index >= 15 is 0 Å². The van der Waals surface area contributed by atoms with Crippen molar-refractivity contribution in [3.05, 3.63) is 41.5 Å². The highest BCUT2D eigenvalue weighted by Crippen LogP contribution is 2.05. The Labute approximate surface area is 80.5 Å². The molecule has 1 rings (SSSR count). The summed E-state index contributed by atoms with van der Waals surface area (Å²) in [4.78, 5) is 0. The summed E-state index contributed by atoms with van der Waals surface area (Å²) in [5.74, 6) is 0. The number of hydrogen-bond acceptors (Lipinski definition) is 1. The molecule has 0 amide bonds. The average molecular weight is 175 g/mol. The third kappa shape index (κ3) is 3.90. The number of hydrogen-bond donors (Lipinski definition) is 1. The lowest BCUT2D eigenvalue weighted by atomic mass is 10.1. The first kappa shape index (κ1) is 10.0. The molecule has 0 bridgehead atoms. The van der Waals surface area contributed by atoms with E-state index in [1.165, 1.54) is 11.1 Å². The molecule has 0 aliphatic rings. The second kappa shape index (κ2) is 5.55. The van der Waals surface area contributed by atoms with E-state index in [0.717, 1.165) is 13.0 Å². The first-order valence-corrected chi connectivity index (χ1v) is 4.71. The number of rotatable bonds is 4. The molecule has 0 unspecified atom stereocenters. The van der Waals surface area contributed by atoms with Crippen LogP contribution in [0.3, 0.4) is 0 Å². The van der Waals surface area contributed by atoms with Crippen LogP contribution >= 0.6 is 0 Å². The lowest BCUT2D eigenvalue weighted by molar-refractivity contribution is 0.809. The lowest BCUT2D eigenvalue weighted by Gasteiger charge is -1.95. The fraction of sp³-hybridized carbons (Fsp3) is 0.333. The SMILES string of the molecule is CNCCC=Cc1ccc(C)cc1. The summed E-state index contributed by atoms with van der Waals surface area (Å²) in [6, 6.07) is 8.56. The van der Waals surface area contributed by atoms with Gasteiger partial charge in [0.2, 0.25) is 0 Å². The predicted molar refractivity (Wildman–Crippen MR) is 58.8 cm³/mol. The normalized spacial score (nSPS) is 10.9. The first-order chi connectivity index (χ1) is 6.33. The maximum atomic E-state index is 3.11. The molecule has 1 aromatic rings. The van der Waals surface area contributed by atoms with E-state index in [9.17, 15) is 0 Å². The molecule has 1 heteroatoms. The van der Waals surface area contributed by atoms with E-state index in [1.54, 1.807) is 0 Å². The Morgan fingerprint density at radius 3 is 2.54 bits per heavy atom. The van der Waals surface area contributed by atoms with Crippen LogP contribution in [0.15, 0.2) is 30.3 Å². The van der Waals surface area contributed by atoms with Crippen molar-refractivity contribution in [1.29, 1.82) is 0 Å². The topological polar surface area (TPSA) is 12.0 Å². The van der Waals surface area contributed by atoms with Crippen molar-refractivity contribution in [2.45, 2.75) is 13.3 Å². The Hall–Kier alpha value is -1.08. The van der Waals surface area contributed by atoms with E-state index in [0.29, 0.717) is 0 Å². The van der Waals surface area contributed by atoms with Gasteiger partial charge in [0.1, 0.15) is 0 Å². The molecule has 0 saturated heterocycles. The van der Waals surface area contributed by atoms with E-state index in [1.807, 2.05) is 7.05 Å². The minimum atomic E-state index is 1.04. The van der Waals surface area contributed by atoms with Crippen molar-refractivity contribution in [3.63, 3.8) is 0 Å². The third-order valence-corrected chi connectivity index (χ3v) is 1.95. The molecule has 1 nitrogen and oxygen atoms in total. The van der Waals surface area contributed by atoms with Gasteiger partial charge in [-0.05, 0) is 32.5 Å². The minimum Gasteiger partial charge on any atom is -0.319 e. The van der Waals surface area contributed by atoms with Gasteiger partial charge in [-0.2, -0.15) is 0 Å². The highest BCUT2D eigenvalue weighted by atomic mass is 14.8. The van der Waals surface area contributed by atoms with E-state index < -0.39 is 0 Å². The molecular weight excluding hydrogens is 158 g/mol. The Morgan fingerprint density at radius 2 is 1.92 bits per heavy atom. The van der Waals surface area contributed by atoms with Crippen molar-refractivity contribution in [2.24, 2.45) is 0 Å². The molecular formula is C12H17N. The highest BCUT2D eigenvalue weighted by molar-refractivity contribution is 5.49. The van der Waals surface area contributed by atoms with Crippen molar-refractivity contribution < 1.29 is 0 Å². The van der Waals surface area contributed by atoms with Gasteiger partial charge in [-0.25, -0.2) is 0 Å². The van der Waals surface area contributed by atoms with Crippen LogP contribution in [-0.4, -0.2) is 13.6 Å². The van der Waals surface area contributed by atoms with Crippen LogP contribution in [0.25, 0.3) is 6.08 Å². The molecule has 0 atom stereocenters.